The van der Waals surface area contributed by atoms with Crippen molar-refractivity contribution in [2.24, 2.45) is 0 Å². The lowest BCUT2D eigenvalue weighted by Gasteiger charge is -2.17. The lowest BCUT2D eigenvalue weighted by Crippen LogP contribution is -2.07. The Bertz CT molecular complexity index is 951. The number of benzene rings is 3. The Kier molecular flexibility index (Phi) is 4.35. The maximum atomic E-state index is 2.54. The molecule has 126 valence electrons. The van der Waals surface area contributed by atoms with Crippen LogP contribution in [-0.2, 0) is 0 Å². The molecule has 1 heteroatoms. The van der Waals surface area contributed by atoms with Gasteiger partial charge >= 0.3 is 0 Å². The first-order valence-corrected chi connectivity index (χ1v) is 12.4. The van der Waals surface area contributed by atoms with Crippen molar-refractivity contribution in [2.45, 2.75) is 39.3 Å². The number of fused-ring (bicyclic) bond motifs is 2. The maximum Gasteiger partial charge on any atom is 0.0647 e. The van der Waals surface area contributed by atoms with Gasteiger partial charge in [-0.2, -0.15) is 0 Å². The summed E-state index contributed by atoms with van der Waals surface area (Å²) in [6.45, 7) is 7.24. The normalized spacial score (nSPS) is 14.8. The van der Waals surface area contributed by atoms with E-state index in [1.54, 1.807) is 16.3 Å². The van der Waals surface area contributed by atoms with E-state index in [0.717, 1.165) is 6.42 Å². The molecule has 0 spiro atoms. The molecule has 0 amide bonds. The Morgan fingerprint density at radius 3 is 2.04 bits per heavy atom. The lowest BCUT2D eigenvalue weighted by molar-refractivity contribution is 0.926. The van der Waals surface area contributed by atoms with E-state index in [2.05, 4.69) is 80.7 Å². The zero-order valence-corrected chi connectivity index (χ0v) is 16.6. The highest BCUT2D eigenvalue weighted by Crippen LogP contribution is 2.43. The van der Waals surface area contributed by atoms with Crippen LogP contribution in [0.3, 0.4) is 0 Å². The summed E-state index contributed by atoms with van der Waals surface area (Å²) >= 11 is 0. The largest absolute Gasteiger partial charge is 0.0809 e. The van der Waals surface area contributed by atoms with Crippen molar-refractivity contribution < 1.29 is 0 Å². The van der Waals surface area contributed by atoms with E-state index in [1.807, 2.05) is 0 Å². The van der Waals surface area contributed by atoms with Crippen LogP contribution in [0.4, 0.5) is 0 Å². The van der Waals surface area contributed by atoms with Crippen molar-refractivity contribution in [1.29, 1.82) is 0 Å². The molecule has 25 heavy (non-hydrogen) atoms. The van der Waals surface area contributed by atoms with E-state index in [9.17, 15) is 0 Å². The van der Waals surface area contributed by atoms with Gasteiger partial charge in [0.05, 0.1) is 8.80 Å². The molecule has 1 aliphatic carbocycles. The van der Waals surface area contributed by atoms with Crippen LogP contribution >= 0.6 is 0 Å². The van der Waals surface area contributed by atoms with Crippen molar-refractivity contribution >= 4 is 35.9 Å². The van der Waals surface area contributed by atoms with Crippen LogP contribution in [0.25, 0.3) is 27.1 Å². The number of allylic oxidation sites excluding steroid dienone is 4. The molecule has 3 aromatic rings. The summed E-state index contributed by atoms with van der Waals surface area (Å²) in [7, 11) is -0.796. The number of hydrogen-bond donors (Lipinski definition) is 0. The zero-order valence-electron chi connectivity index (χ0n) is 15.5. The minimum atomic E-state index is -0.796. The summed E-state index contributed by atoms with van der Waals surface area (Å²) in [5.74, 6) is 0. The van der Waals surface area contributed by atoms with Crippen LogP contribution in [0.5, 0.6) is 0 Å². The van der Waals surface area contributed by atoms with Gasteiger partial charge in [-0.3, -0.25) is 0 Å². The van der Waals surface area contributed by atoms with E-state index in [1.165, 1.54) is 39.9 Å². The fourth-order valence-corrected chi connectivity index (χ4v) is 5.96. The Labute approximate surface area is 152 Å². The molecule has 1 aliphatic rings. The first kappa shape index (κ1) is 16.4. The maximum absolute atomic E-state index is 2.54. The van der Waals surface area contributed by atoms with Crippen molar-refractivity contribution in [3.05, 3.63) is 77.0 Å². The standard InChI is InChI=1S/C24H26Si/c1-4-9-21-22(14-15-23(21)25(2)3)24-19-12-7-5-10-17(19)16-18-11-6-8-13-20(18)24/h5-8,10-13,15-16,25H,4,9,14H2,1-3H3. The second kappa shape index (κ2) is 6.65. The molecule has 0 aliphatic heterocycles. The Morgan fingerprint density at radius 1 is 0.880 bits per heavy atom. The van der Waals surface area contributed by atoms with Crippen molar-refractivity contribution in [3.63, 3.8) is 0 Å². The molecule has 0 heterocycles. The summed E-state index contributed by atoms with van der Waals surface area (Å²) < 4.78 is 0. The van der Waals surface area contributed by atoms with E-state index in [0.29, 0.717) is 0 Å². The third-order valence-corrected chi connectivity index (χ3v) is 7.26. The summed E-state index contributed by atoms with van der Waals surface area (Å²) in [6.07, 6.45) is 6.07. The molecule has 0 saturated heterocycles. The molecule has 0 saturated carbocycles. The highest BCUT2D eigenvalue weighted by molar-refractivity contribution is 6.65. The van der Waals surface area contributed by atoms with Crippen LogP contribution < -0.4 is 0 Å². The fourth-order valence-electron chi connectivity index (χ4n) is 4.35. The van der Waals surface area contributed by atoms with Crippen LogP contribution in [0.1, 0.15) is 31.7 Å². The van der Waals surface area contributed by atoms with Crippen LogP contribution in [0.15, 0.2) is 71.4 Å². The minimum Gasteiger partial charge on any atom is -0.0809 e. The highest BCUT2D eigenvalue weighted by atomic mass is 28.3. The van der Waals surface area contributed by atoms with Gasteiger partial charge in [-0.25, -0.2) is 0 Å². The van der Waals surface area contributed by atoms with Crippen LogP contribution in [0, 0.1) is 0 Å². The van der Waals surface area contributed by atoms with E-state index in [4.69, 9.17) is 0 Å². The molecule has 0 radical (unpaired) electrons. The molecular formula is C24H26Si. The van der Waals surface area contributed by atoms with Gasteiger partial charge in [0.1, 0.15) is 0 Å². The quantitative estimate of drug-likeness (QED) is 0.357. The molecule has 0 aromatic heterocycles. The summed E-state index contributed by atoms with van der Waals surface area (Å²) in [6, 6.07) is 20.1. The number of hydrogen-bond acceptors (Lipinski definition) is 0. The molecule has 4 rings (SSSR count). The second-order valence-corrected chi connectivity index (χ2v) is 10.4. The van der Waals surface area contributed by atoms with Gasteiger partial charge in [-0.1, -0.05) is 86.2 Å². The molecule has 3 aromatic carbocycles. The van der Waals surface area contributed by atoms with E-state index < -0.39 is 8.80 Å². The van der Waals surface area contributed by atoms with Gasteiger partial charge < -0.3 is 0 Å². The molecule has 0 nitrogen and oxygen atoms in total. The Morgan fingerprint density at radius 2 is 1.48 bits per heavy atom. The van der Waals surface area contributed by atoms with Crippen molar-refractivity contribution in [3.8, 4) is 0 Å². The third-order valence-electron chi connectivity index (χ3n) is 5.43. The lowest BCUT2D eigenvalue weighted by atomic mass is 9.89. The average molecular weight is 343 g/mol. The van der Waals surface area contributed by atoms with Crippen molar-refractivity contribution in [1.82, 2.24) is 0 Å². The zero-order chi connectivity index (χ0) is 17.4. The van der Waals surface area contributed by atoms with Crippen LogP contribution in [-0.4, -0.2) is 8.80 Å². The third kappa shape index (κ3) is 2.77. The van der Waals surface area contributed by atoms with Gasteiger partial charge in [0.15, 0.2) is 0 Å². The molecule has 0 atom stereocenters. The predicted molar refractivity (Wildman–Crippen MR) is 115 cm³/mol. The van der Waals surface area contributed by atoms with E-state index in [-0.39, 0.29) is 0 Å². The monoisotopic (exact) mass is 342 g/mol. The molecule has 0 bridgehead atoms. The number of rotatable bonds is 4. The van der Waals surface area contributed by atoms with Crippen LogP contribution in [0.2, 0.25) is 13.1 Å². The fraction of sp³-hybridized carbons (Fsp3) is 0.250. The molecular weight excluding hydrogens is 316 g/mol. The Balaban J connectivity index is 2.08. The second-order valence-electron chi connectivity index (χ2n) is 7.42. The summed E-state index contributed by atoms with van der Waals surface area (Å²) in [5, 5.41) is 7.23. The topological polar surface area (TPSA) is 0 Å². The smallest absolute Gasteiger partial charge is 0.0647 e. The van der Waals surface area contributed by atoms with Gasteiger partial charge in [0, 0.05) is 0 Å². The minimum absolute atomic E-state index is 0.796. The Hall–Kier alpha value is -2.12. The van der Waals surface area contributed by atoms with E-state index >= 15 is 0 Å². The average Bonchev–Trinajstić information content (AvgIpc) is 3.03. The SMILES string of the molecule is CCCC1=C(c2c3ccccc3cc3ccccc23)CC=C1[SiH](C)C. The first-order chi connectivity index (χ1) is 12.2. The van der Waals surface area contributed by atoms with Gasteiger partial charge in [-0.05, 0) is 57.2 Å². The van der Waals surface area contributed by atoms with Crippen molar-refractivity contribution in [2.75, 3.05) is 0 Å². The molecule has 0 unspecified atom stereocenters. The molecule has 0 fully saturated rings. The first-order valence-electron chi connectivity index (χ1n) is 9.54. The predicted octanol–water partition coefficient (Wildman–Crippen LogP) is 6.90. The molecule has 0 N–H and O–H groups in total. The summed E-state index contributed by atoms with van der Waals surface area (Å²) in [5.41, 5.74) is 4.73. The highest BCUT2D eigenvalue weighted by Gasteiger charge is 2.23. The van der Waals surface area contributed by atoms with Gasteiger partial charge in [-0.15, -0.1) is 0 Å². The van der Waals surface area contributed by atoms with Gasteiger partial charge in [0.2, 0.25) is 0 Å². The van der Waals surface area contributed by atoms with Gasteiger partial charge in [0.25, 0.3) is 0 Å². The summed E-state index contributed by atoms with van der Waals surface area (Å²) in [4.78, 5) is 0.